The van der Waals surface area contributed by atoms with E-state index in [1.165, 1.54) is 0 Å². The molecule has 1 unspecified atom stereocenters. The highest BCUT2D eigenvalue weighted by atomic mass is 32.2. The summed E-state index contributed by atoms with van der Waals surface area (Å²) in [5.41, 5.74) is 1.37. The molecule has 2 heterocycles. The Labute approximate surface area is 90.1 Å². The predicted molar refractivity (Wildman–Crippen MR) is 56.8 cm³/mol. The number of aromatic nitrogens is 3. The maximum Gasteiger partial charge on any atom is 0.325 e. The van der Waals surface area contributed by atoms with Crippen LogP contribution in [-0.4, -0.2) is 32.1 Å². The smallest absolute Gasteiger partial charge is 0.325 e. The molecule has 15 heavy (non-hydrogen) atoms. The number of ether oxygens (including phenoxy) is 1. The van der Waals surface area contributed by atoms with Gasteiger partial charge < -0.3 is 9.29 Å². The molecule has 0 fully saturated rings. The van der Waals surface area contributed by atoms with Crippen molar-refractivity contribution in [3.05, 3.63) is 18.3 Å². The van der Waals surface area contributed by atoms with E-state index in [0.29, 0.717) is 17.4 Å². The van der Waals surface area contributed by atoms with Crippen molar-refractivity contribution >= 4 is 22.3 Å². The highest BCUT2D eigenvalue weighted by Gasteiger charge is 2.16. The first-order valence-electron chi connectivity index (χ1n) is 4.58. The molecule has 0 aliphatic heterocycles. The van der Waals surface area contributed by atoms with Crippen molar-refractivity contribution in [2.75, 3.05) is 12.5 Å². The van der Waals surface area contributed by atoms with Crippen molar-refractivity contribution in [2.24, 2.45) is 0 Å². The molecule has 5 nitrogen and oxygen atoms in total. The zero-order valence-corrected chi connectivity index (χ0v) is 9.08. The number of hydrogen-bond donors (Lipinski definition) is 1. The average Bonchev–Trinajstić information content (AvgIpc) is 2.69. The summed E-state index contributed by atoms with van der Waals surface area (Å²) in [5, 5.41) is 0.414. The van der Waals surface area contributed by atoms with Gasteiger partial charge in [0.2, 0.25) is 5.94 Å². The summed E-state index contributed by atoms with van der Waals surface area (Å²) >= 11 is -1.24. The maximum absolute atomic E-state index is 11.6. The minimum Gasteiger partial charge on any atom is -0.607 e. The molecule has 2 aromatic heterocycles. The van der Waals surface area contributed by atoms with E-state index in [9.17, 15) is 4.55 Å². The summed E-state index contributed by atoms with van der Waals surface area (Å²) < 4.78 is 16.7. The van der Waals surface area contributed by atoms with Crippen LogP contribution in [0.4, 0.5) is 0 Å². The second-order valence-electron chi connectivity index (χ2n) is 2.87. The Morgan fingerprint density at radius 1 is 1.60 bits per heavy atom. The van der Waals surface area contributed by atoms with Crippen LogP contribution in [0.15, 0.2) is 23.5 Å². The number of nitrogens with zero attached hydrogens (tertiary/aromatic N) is 2. The number of rotatable bonds is 4. The van der Waals surface area contributed by atoms with Crippen LogP contribution in [0.25, 0.3) is 11.2 Å². The van der Waals surface area contributed by atoms with E-state index in [2.05, 4.69) is 15.0 Å². The van der Waals surface area contributed by atoms with Crippen molar-refractivity contribution in [1.82, 2.24) is 15.0 Å². The monoisotopic (exact) mass is 225 g/mol. The lowest BCUT2D eigenvalue weighted by molar-refractivity contribution is 0.192. The zero-order valence-electron chi connectivity index (χ0n) is 8.27. The van der Waals surface area contributed by atoms with Gasteiger partial charge in [-0.15, -0.1) is 0 Å². The number of aromatic amines is 1. The SMILES string of the molecule is CCOC[S+]([O-])c1nc2ncccc2[nH]1. The highest BCUT2D eigenvalue weighted by molar-refractivity contribution is 7.91. The van der Waals surface area contributed by atoms with Crippen LogP contribution in [-0.2, 0) is 15.9 Å². The number of H-pyrrole nitrogens is 1. The molecule has 0 saturated heterocycles. The molecule has 0 aromatic carbocycles. The van der Waals surface area contributed by atoms with Crippen molar-refractivity contribution in [3.8, 4) is 0 Å². The number of imidazole rings is 1. The van der Waals surface area contributed by atoms with Gasteiger partial charge in [0.1, 0.15) is 0 Å². The number of nitrogens with one attached hydrogen (secondary N) is 1. The van der Waals surface area contributed by atoms with Crippen molar-refractivity contribution in [3.63, 3.8) is 0 Å². The van der Waals surface area contributed by atoms with Crippen molar-refractivity contribution < 1.29 is 9.29 Å². The van der Waals surface area contributed by atoms with Gasteiger partial charge in [-0.05, 0) is 19.1 Å². The lowest BCUT2D eigenvalue weighted by Crippen LogP contribution is -2.11. The molecule has 2 aromatic rings. The molecule has 1 atom stereocenters. The summed E-state index contributed by atoms with van der Waals surface area (Å²) in [6.45, 7) is 2.40. The Morgan fingerprint density at radius 3 is 3.20 bits per heavy atom. The van der Waals surface area contributed by atoms with E-state index < -0.39 is 11.2 Å². The summed E-state index contributed by atoms with van der Waals surface area (Å²) in [4.78, 5) is 11.1. The zero-order chi connectivity index (χ0) is 10.7. The molecule has 1 N–H and O–H groups in total. The lowest BCUT2D eigenvalue weighted by Gasteiger charge is -2.05. The third-order valence-corrected chi connectivity index (χ3v) is 2.85. The van der Waals surface area contributed by atoms with E-state index in [1.54, 1.807) is 12.3 Å². The van der Waals surface area contributed by atoms with Crippen LogP contribution in [0.1, 0.15) is 6.92 Å². The van der Waals surface area contributed by atoms with Gasteiger partial charge in [-0.2, -0.15) is 4.98 Å². The Balaban J connectivity index is 2.20. The summed E-state index contributed by atoms with van der Waals surface area (Å²) in [7, 11) is 0. The lowest BCUT2D eigenvalue weighted by atomic mass is 10.4. The Bertz CT molecular complexity index is 413. The fourth-order valence-corrected chi connectivity index (χ4v) is 1.99. The molecule has 0 amide bonds. The van der Waals surface area contributed by atoms with Crippen LogP contribution in [0.2, 0.25) is 0 Å². The van der Waals surface area contributed by atoms with Gasteiger partial charge in [-0.1, -0.05) is 0 Å². The molecule has 80 valence electrons. The molecule has 0 spiro atoms. The standard InChI is InChI=1S/C9H11N3O2S/c1-2-14-6-15(13)9-11-7-4-3-5-10-8(7)12-9/h3-5H,2,6H2,1H3,(H,10,11,12). The molecule has 0 radical (unpaired) electrons. The first kappa shape index (κ1) is 10.4. The van der Waals surface area contributed by atoms with Crippen LogP contribution >= 0.6 is 0 Å². The average molecular weight is 225 g/mol. The Hall–Kier alpha value is -1.11. The van der Waals surface area contributed by atoms with Crippen LogP contribution in [0, 0.1) is 0 Å². The van der Waals surface area contributed by atoms with Gasteiger partial charge in [-0.3, -0.25) is 4.98 Å². The van der Waals surface area contributed by atoms with E-state index in [4.69, 9.17) is 4.74 Å². The summed E-state index contributed by atoms with van der Waals surface area (Å²) in [6, 6.07) is 3.65. The minimum atomic E-state index is -1.24. The molecule has 0 saturated carbocycles. The molecule has 0 aliphatic rings. The number of fused-ring (bicyclic) bond motifs is 1. The van der Waals surface area contributed by atoms with Crippen LogP contribution in [0.5, 0.6) is 0 Å². The van der Waals surface area contributed by atoms with Gasteiger partial charge in [0.15, 0.2) is 5.65 Å². The van der Waals surface area contributed by atoms with Crippen LogP contribution < -0.4 is 0 Å². The van der Waals surface area contributed by atoms with E-state index in [0.717, 1.165) is 5.52 Å². The van der Waals surface area contributed by atoms with Gasteiger partial charge in [-0.25, -0.2) is 4.98 Å². The largest absolute Gasteiger partial charge is 0.607 e. The fourth-order valence-electron chi connectivity index (χ4n) is 1.15. The Kier molecular flexibility index (Phi) is 3.20. The Morgan fingerprint density at radius 2 is 2.47 bits per heavy atom. The van der Waals surface area contributed by atoms with Gasteiger partial charge in [0.25, 0.3) is 0 Å². The van der Waals surface area contributed by atoms with E-state index in [-0.39, 0.29) is 5.94 Å². The fraction of sp³-hybridized carbons (Fsp3) is 0.333. The quantitative estimate of drug-likeness (QED) is 0.789. The molecule has 0 bridgehead atoms. The van der Waals surface area contributed by atoms with Gasteiger partial charge in [0, 0.05) is 12.8 Å². The van der Waals surface area contributed by atoms with Gasteiger partial charge >= 0.3 is 5.16 Å². The molecule has 2 rings (SSSR count). The minimum absolute atomic E-state index is 0.163. The molecular formula is C9H11N3O2S. The first-order valence-corrected chi connectivity index (χ1v) is 5.90. The number of hydrogen-bond acceptors (Lipinski definition) is 4. The third-order valence-electron chi connectivity index (χ3n) is 1.85. The van der Waals surface area contributed by atoms with Crippen LogP contribution in [0.3, 0.4) is 0 Å². The van der Waals surface area contributed by atoms with Gasteiger partial charge in [0.05, 0.1) is 16.7 Å². The third kappa shape index (κ3) is 2.28. The topological polar surface area (TPSA) is 73.9 Å². The first-order chi connectivity index (χ1) is 7.31. The predicted octanol–water partition coefficient (Wildman–Crippen LogP) is 1.06. The van der Waals surface area contributed by atoms with E-state index in [1.807, 2.05) is 13.0 Å². The molecule has 0 aliphatic carbocycles. The second kappa shape index (κ2) is 4.61. The molecule has 6 heteroatoms. The summed E-state index contributed by atoms with van der Waals surface area (Å²) in [5.74, 6) is 0.163. The maximum atomic E-state index is 11.6. The molecular weight excluding hydrogens is 214 g/mol. The van der Waals surface area contributed by atoms with Crippen molar-refractivity contribution in [2.45, 2.75) is 12.1 Å². The van der Waals surface area contributed by atoms with E-state index >= 15 is 0 Å². The normalized spacial score (nSPS) is 13.2. The highest BCUT2D eigenvalue weighted by Crippen LogP contribution is 2.12. The van der Waals surface area contributed by atoms with Crippen molar-refractivity contribution in [1.29, 1.82) is 0 Å². The summed E-state index contributed by atoms with van der Waals surface area (Å²) in [6.07, 6.45) is 1.65. The second-order valence-corrected chi connectivity index (χ2v) is 4.19. The number of pyridine rings is 1.